The molecular weight excluding hydrogens is 262 g/mol. The van der Waals surface area contributed by atoms with Crippen molar-refractivity contribution in [3.63, 3.8) is 0 Å². The number of amides is 1. The fourth-order valence-corrected chi connectivity index (χ4v) is 1.51. The summed E-state index contributed by atoms with van der Waals surface area (Å²) in [4.78, 5) is 21.7. The Morgan fingerprint density at radius 2 is 2.15 bits per heavy atom. The Bertz CT molecular complexity index is 510. The largest absolute Gasteiger partial charge is 0.493 e. The zero-order chi connectivity index (χ0) is 15.0. The van der Waals surface area contributed by atoms with Gasteiger partial charge in [0.2, 0.25) is 5.91 Å². The van der Waals surface area contributed by atoms with Crippen LogP contribution in [-0.2, 0) is 9.59 Å². The number of hydrogen-bond acceptors (Lipinski definition) is 4. The first-order valence-electron chi connectivity index (χ1n) is 6.06. The third kappa shape index (κ3) is 4.64. The Morgan fingerprint density at radius 1 is 1.40 bits per heavy atom. The predicted molar refractivity (Wildman–Crippen MR) is 73.8 cm³/mol. The van der Waals surface area contributed by atoms with Crippen LogP contribution in [0, 0.1) is 0 Å². The maximum atomic E-state index is 11.4. The van der Waals surface area contributed by atoms with Gasteiger partial charge >= 0.3 is 5.97 Å². The summed E-state index contributed by atoms with van der Waals surface area (Å²) in [5, 5.41) is 10.7. The molecule has 0 aliphatic carbocycles. The zero-order valence-electron chi connectivity index (χ0n) is 11.4. The van der Waals surface area contributed by atoms with Gasteiger partial charge in [-0.05, 0) is 19.1 Å². The Kier molecular flexibility index (Phi) is 6.09. The molecule has 2 N–H and O–H groups in total. The molecule has 0 aliphatic rings. The van der Waals surface area contributed by atoms with Crippen LogP contribution in [0.2, 0.25) is 0 Å². The van der Waals surface area contributed by atoms with Crippen molar-refractivity contribution >= 4 is 18.0 Å². The minimum Gasteiger partial charge on any atom is -0.493 e. The van der Waals surface area contributed by atoms with E-state index in [0.29, 0.717) is 23.7 Å². The van der Waals surface area contributed by atoms with Crippen LogP contribution in [0.15, 0.2) is 24.3 Å². The Hall–Kier alpha value is -2.50. The quantitative estimate of drug-likeness (QED) is 0.735. The van der Waals surface area contributed by atoms with E-state index in [1.165, 1.54) is 13.2 Å². The molecule has 1 aromatic rings. The third-order valence-corrected chi connectivity index (χ3v) is 2.35. The van der Waals surface area contributed by atoms with Crippen LogP contribution >= 0.6 is 0 Å². The molecule has 0 saturated heterocycles. The summed E-state index contributed by atoms with van der Waals surface area (Å²) in [6.45, 7) is 1.89. The van der Waals surface area contributed by atoms with Crippen molar-refractivity contribution < 1.29 is 24.2 Å². The highest BCUT2D eigenvalue weighted by atomic mass is 16.5. The number of methoxy groups -OCH3 is 1. The van der Waals surface area contributed by atoms with Crippen molar-refractivity contribution in [1.29, 1.82) is 0 Å². The SMILES string of the molecule is CCOc1c(/C=C/C(=O)NCC(=O)O)cccc1OC. The van der Waals surface area contributed by atoms with Crippen molar-refractivity contribution in [3.05, 3.63) is 29.8 Å². The minimum atomic E-state index is -1.09. The summed E-state index contributed by atoms with van der Waals surface area (Å²) >= 11 is 0. The molecule has 0 aromatic heterocycles. The standard InChI is InChI=1S/C14H17NO5/c1-3-20-14-10(5-4-6-11(14)19-2)7-8-12(16)15-9-13(17)18/h4-8H,3,9H2,1-2H3,(H,15,16)(H,17,18)/b8-7+. The molecule has 1 aromatic carbocycles. The van der Waals surface area contributed by atoms with Crippen molar-refractivity contribution in [2.24, 2.45) is 0 Å². The molecule has 0 radical (unpaired) electrons. The number of aliphatic carboxylic acids is 1. The molecule has 0 fully saturated rings. The van der Waals surface area contributed by atoms with Gasteiger partial charge in [0, 0.05) is 11.6 Å². The Balaban J connectivity index is 2.85. The molecule has 20 heavy (non-hydrogen) atoms. The second kappa shape index (κ2) is 7.83. The lowest BCUT2D eigenvalue weighted by Gasteiger charge is -2.11. The maximum Gasteiger partial charge on any atom is 0.322 e. The molecule has 0 bridgehead atoms. The Labute approximate surface area is 117 Å². The van der Waals surface area contributed by atoms with Gasteiger partial charge in [0.05, 0.1) is 13.7 Å². The highest BCUT2D eigenvalue weighted by molar-refractivity contribution is 5.93. The van der Waals surface area contributed by atoms with E-state index in [2.05, 4.69) is 5.32 Å². The molecule has 0 aliphatic heterocycles. The second-order valence-corrected chi connectivity index (χ2v) is 3.76. The van der Waals surface area contributed by atoms with Crippen LogP contribution in [0.3, 0.4) is 0 Å². The highest BCUT2D eigenvalue weighted by Gasteiger charge is 2.08. The number of carbonyl (C=O) groups is 2. The van der Waals surface area contributed by atoms with E-state index in [4.69, 9.17) is 14.6 Å². The zero-order valence-corrected chi connectivity index (χ0v) is 11.4. The molecule has 6 nitrogen and oxygen atoms in total. The van der Waals surface area contributed by atoms with Crippen molar-refractivity contribution in [1.82, 2.24) is 5.32 Å². The molecule has 6 heteroatoms. The monoisotopic (exact) mass is 279 g/mol. The first-order valence-corrected chi connectivity index (χ1v) is 6.06. The summed E-state index contributed by atoms with van der Waals surface area (Å²) in [5.41, 5.74) is 0.677. The summed E-state index contributed by atoms with van der Waals surface area (Å²) in [7, 11) is 1.53. The third-order valence-electron chi connectivity index (χ3n) is 2.35. The van der Waals surface area contributed by atoms with Gasteiger partial charge in [-0.25, -0.2) is 0 Å². The Morgan fingerprint density at radius 3 is 2.75 bits per heavy atom. The first-order chi connectivity index (χ1) is 9.58. The van der Waals surface area contributed by atoms with Crippen molar-refractivity contribution in [2.45, 2.75) is 6.92 Å². The first kappa shape index (κ1) is 15.6. The fourth-order valence-electron chi connectivity index (χ4n) is 1.51. The molecule has 0 atom stereocenters. The lowest BCUT2D eigenvalue weighted by molar-refractivity contribution is -0.137. The maximum absolute atomic E-state index is 11.4. The van der Waals surface area contributed by atoms with Crippen LogP contribution in [0.25, 0.3) is 6.08 Å². The number of carboxylic acid groups (broad SMARTS) is 1. The number of hydrogen-bond donors (Lipinski definition) is 2. The molecule has 108 valence electrons. The molecule has 1 rings (SSSR count). The molecule has 0 unspecified atom stereocenters. The van der Waals surface area contributed by atoms with Crippen LogP contribution < -0.4 is 14.8 Å². The van der Waals surface area contributed by atoms with Crippen molar-refractivity contribution in [3.8, 4) is 11.5 Å². The summed E-state index contributed by atoms with van der Waals surface area (Å²) in [6.07, 6.45) is 2.80. The topological polar surface area (TPSA) is 84.9 Å². The number of benzene rings is 1. The molecule has 0 spiro atoms. The van der Waals surface area contributed by atoms with Gasteiger partial charge in [0.25, 0.3) is 0 Å². The normalized spacial score (nSPS) is 10.3. The van der Waals surface area contributed by atoms with E-state index in [9.17, 15) is 9.59 Å². The summed E-state index contributed by atoms with van der Waals surface area (Å²) in [6, 6.07) is 5.30. The van der Waals surface area contributed by atoms with Gasteiger partial charge in [0.1, 0.15) is 6.54 Å². The number of para-hydroxylation sites is 1. The molecule has 1 amide bonds. The van der Waals surface area contributed by atoms with Crippen LogP contribution in [-0.4, -0.2) is 37.2 Å². The number of rotatable bonds is 7. The van der Waals surface area contributed by atoms with E-state index in [1.807, 2.05) is 6.92 Å². The smallest absolute Gasteiger partial charge is 0.322 e. The lowest BCUT2D eigenvalue weighted by atomic mass is 10.1. The molecule has 0 heterocycles. The number of carbonyl (C=O) groups excluding carboxylic acids is 1. The van der Waals surface area contributed by atoms with Crippen molar-refractivity contribution in [2.75, 3.05) is 20.3 Å². The summed E-state index contributed by atoms with van der Waals surface area (Å²) < 4.78 is 10.7. The minimum absolute atomic E-state index is 0.417. The molecule has 0 saturated carbocycles. The van der Waals surface area contributed by atoms with E-state index in [0.717, 1.165) is 0 Å². The van der Waals surface area contributed by atoms with Gasteiger partial charge in [-0.3, -0.25) is 9.59 Å². The van der Waals surface area contributed by atoms with Gasteiger partial charge in [-0.1, -0.05) is 12.1 Å². The fraction of sp³-hybridized carbons (Fsp3) is 0.286. The number of nitrogens with one attached hydrogen (secondary N) is 1. The van der Waals surface area contributed by atoms with Gasteiger partial charge in [0.15, 0.2) is 11.5 Å². The predicted octanol–water partition coefficient (Wildman–Crippen LogP) is 1.31. The van der Waals surface area contributed by atoms with Crippen LogP contribution in [0.1, 0.15) is 12.5 Å². The van der Waals surface area contributed by atoms with Gasteiger partial charge in [-0.15, -0.1) is 0 Å². The van der Waals surface area contributed by atoms with E-state index in [-0.39, 0.29) is 0 Å². The lowest BCUT2D eigenvalue weighted by Crippen LogP contribution is -2.27. The number of ether oxygens (including phenoxy) is 2. The summed E-state index contributed by atoms with van der Waals surface area (Å²) in [5.74, 6) is -0.472. The van der Waals surface area contributed by atoms with Gasteiger partial charge in [-0.2, -0.15) is 0 Å². The average Bonchev–Trinajstić information content (AvgIpc) is 2.44. The second-order valence-electron chi connectivity index (χ2n) is 3.76. The van der Waals surface area contributed by atoms with Gasteiger partial charge < -0.3 is 19.9 Å². The van der Waals surface area contributed by atoms with E-state index in [1.54, 1.807) is 24.3 Å². The number of carboxylic acids is 1. The van der Waals surface area contributed by atoms with Crippen LogP contribution in [0.5, 0.6) is 11.5 Å². The van der Waals surface area contributed by atoms with Crippen LogP contribution in [0.4, 0.5) is 0 Å². The average molecular weight is 279 g/mol. The molecular formula is C14H17NO5. The highest BCUT2D eigenvalue weighted by Crippen LogP contribution is 2.31. The van der Waals surface area contributed by atoms with E-state index < -0.39 is 18.4 Å². The van der Waals surface area contributed by atoms with E-state index >= 15 is 0 Å².